The first-order valence-corrected chi connectivity index (χ1v) is 9.29. The van der Waals surface area contributed by atoms with Crippen LogP contribution in [0.15, 0.2) is 48.7 Å². The third-order valence-corrected chi connectivity index (χ3v) is 5.17. The van der Waals surface area contributed by atoms with Crippen LogP contribution >= 0.6 is 11.6 Å². The van der Waals surface area contributed by atoms with Gasteiger partial charge in [-0.25, -0.2) is 4.98 Å². The van der Waals surface area contributed by atoms with Crippen LogP contribution < -0.4 is 5.32 Å². The normalized spacial score (nSPS) is 14.4. The number of halogens is 1. The fourth-order valence-corrected chi connectivity index (χ4v) is 3.39. The number of carbonyl (C=O) groups is 1. The van der Waals surface area contributed by atoms with Crippen LogP contribution in [0.4, 0.5) is 11.5 Å². The van der Waals surface area contributed by atoms with Gasteiger partial charge in [0.05, 0.1) is 18.8 Å². The lowest BCUT2D eigenvalue weighted by molar-refractivity contribution is 0.0304. The van der Waals surface area contributed by atoms with Gasteiger partial charge in [-0.05, 0) is 30.0 Å². The van der Waals surface area contributed by atoms with Gasteiger partial charge in [-0.3, -0.25) is 4.79 Å². The van der Waals surface area contributed by atoms with Crippen LogP contribution in [0.3, 0.4) is 0 Å². The Hall–Kier alpha value is -2.63. The van der Waals surface area contributed by atoms with Gasteiger partial charge in [-0.15, -0.1) is 0 Å². The molecule has 2 heterocycles. The van der Waals surface area contributed by atoms with E-state index in [1.807, 2.05) is 54.3 Å². The summed E-state index contributed by atoms with van der Waals surface area (Å²) in [4.78, 5) is 19.3. The van der Waals surface area contributed by atoms with Crippen molar-refractivity contribution in [1.82, 2.24) is 9.88 Å². The Morgan fingerprint density at radius 3 is 2.63 bits per heavy atom. The van der Waals surface area contributed by atoms with Gasteiger partial charge in [0.15, 0.2) is 0 Å². The number of hydrogen-bond acceptors (Lipinski definition) is 4. The number of anilines is 2. The highest BCUT2D eigenvalue weighted by molar-refractivity contribution is 6.31. The van der Waals surface area contributed by atoms with Crippen molar-refractivity contribution in [1.29, 1.82) is 0 Å². The first-order valence-electron chi connectivity index (χ1n) is 8.91. The summed E-state index contributed by atoms with van der Waals surface area (Å²) >= 11 is 6.23. The Morgan fingerprint density at radius 2 is 1.89 bits per heavy atom. The number of nitrogens with zero attached hydrogens (tertiary/aromatic N) is 2. The molecule has 1 aliphatic heterocycles. The number of morpholine rings is 1. The zero-order chi connectivity index (χ0) is 18.8. The van der Waals surface area contributed by atoms with Crippen molar-refractivity contribution in [3.63, 3.8) is 0 Å². The van der Waals surface area contributed by atoms with Gasteiger partial charge in [-0.1, -0.05) is 41.9 Å². The molecule has 138 valence electrons. The minimum Gasteiger partial charge on any atom is -0.378 e. The van der Waals surface area contributed by atoms with Crippen molar-refractivity contribution < 1.29 is 9.53 Å². The second-order valence-corrected chi connectivity index (χ2v) is 6.97. The average molecular weight is 382 g/mol. The molecule has 27 heavy (non-hydrogen) atoms. The van der Waals surface area contributed by atoms with Crippen molar-refractivity contribution >= 4 is 39.8 Å². The topological polar surface area (TPSA) is 54.5 Å². The number of aryl methyl sites for hydroxylation is 1. The van der Waals surface area contributed by atoms with E-state index in [0.29, 0.717) is 42.7 Å². The number of benzene rings is 2. The molecular formula is C21H20ClN3O2. The third kappa shape index (κ3) is 3.61. The maximum Gasteiger partial charge on any atom is 0.256 e. The number of amides is 1. The highest BCUT2D eigenvalue weighted by Gasteiger charge is 2.21. The number of fused-ring (bicyclic) bond motifs is 1. The lowest BCUT2D eigenvalue weighted by Crippen LogP contribution is -2.40. The van der Waals surface area contributed by atoms with E-state index in [1.165, 1.54) is 0 Å². The van der Waals surface area contributed by atoms with Gasteiger partial charge in [0.1, 0.15) is 5.82 Å². The van der Waals surface area contributed by atoms with Gasteiger partial charge in [0, 0.05) is 35.4 Å². The molecule has 0 unspecified atom stereocenters. The smallest absolute Gasteiger partial charge is 0.256 e. The zero-order valence-electron chi connectivity index (χ0n) is 15.0. The second-order valence-electron chi connectivity index (χ2n) is 6.56. The molecule has 0 spiro atoms. The van der Waals surface area contributed by atoms with Gasteiger partial charge in [0.25, 0.3) is 5.91 Å². The number of ether oxygens (including phenoxy) is 1. The predicted octanol–water partition coefficient (Wildman–Crippen LogP) is 4.41. The van der Waals surface area contributed by atoms with E-state index in [4.69, 9.17) is 16.3 Å². The summed E-state index contributed by atoms with van der Waals surface area (Å²) in [6, 6.07) is 13.6. The van der Waals surface area contributed by atoms with Gasteiger partial charge in [0.2, 0.25) is 0 Å². The minimum absolute atomic E-state index is 0.00747. The van der Waals surface area contributed by atoms with E-state index in [1.54, 1.807) is 6.20 Å². The maximum atomic E-state index is 13.0. The number of aromatic nitrogens is 1. The molecule has 1 aliphatic rings. The molecular weight excluding hydrogens is 362 g/mol. The number of rotatable bonds is 3. The Balaban J connectivity index is 1.71. The fourth-order valence-electron chi connectivity index (χ4n) is 3.21. The van der Waals surface area contributed by atoms with Crippen molar-refractivity contribution in [3.8, 4) is 0 Å². The Morgan fingerprint density at radius 1 is 1.15 bits per heavy atom. The van der Waals surface area contributed by atoms with Crippen molar-refractivity contribution in [2.75, 3.05) is 31.6 Å². The fraction of sp³-hybridized carbons (Fsp3) is 0.238. The van der Waals surface area contributed by atoms with Gasteiger partial charge < -0.3 is 15.0 Å². The van der Waals surface area contributed by atoms with Crippen molar-refractivity contribution in [2.24, 2.45) is 0 Å². The van der Waals surface area contributed by atoms with Crippen LogP contribution in [0.1, 0.15) is 15.9 Å². The number of carbonyl (C=O) groups excluding carboxylic acids is 1. The van der Waals surface area contributed by atoms with Crippen LogP contribution in [-0.2, 0) is 4.74 Å². The van der Waals surface area contributed by atoms with E-state index < -0.39 is 0 Å². The molecule has 3 aromatic rings. The van der Waals surface area contributed by atoms with Gasteiger partial charge >= 0.3 is 0 Å². The first-order chi connectivity index (χ1) is 13.1. The van der Waals surface area contributed by atoms with E-state index in [-0.39, 0.29) is 5.91 Å². The Labute approximate surface area is 162 Å². The molecule has 0 saturated carbocycles. The maximum absolute atomic E-state index is 13.0. The molecule has 0 bridgehead atoms. The summed E-state index contributed by atoms with van der Waals surface area (Å²) in [6.45, 7) is 4.33. The number of nitrogens with one attached hydrogen (secondary N) is 1. The molecule has 1 N–H and O–H groups in total. The lowest BCUT2D eigenvalue weighted by atomic mass is 10.1. The van der Waals surface area contributed by atoms with E-state index >= 15 is 0 Å². The highest BCUT2D eigenvalue weighted by atomic mass is 35.5. The third-order valence-electron chi connectivity index (χ3n) is 4.76. The molecule has 1 saturated heterocycles. The highest BCUT2D eigenvalue weighted by Crippen LogP contribution is 2.29. The lowest BCUT2D eigenvalue weighted by Gasteiger charge is -2.27. The second kappa shape index (κ2) is 7.55. The monoisotopic (exact) mass is 381 g/mol. The molecule has 0 radical (unpaired) electrons. The summed E-state index contributed by atoms with van der Waals surface area (Å²) in [7, 11) is 0. The molecule has 0 aliphatic carbocycles. The van der Waals surface area contributed by atoms with Crippen LogP contribution in [0.2, 0.25) is 5.02 Å². The molecule has 1 aromatic heterocycles. The van der Waals surface area contributed by atoms with E-state index in [2.05, 4.69) is 10.3 Å². The molecule has 1 fully saturated rings. The Kier molecular flexibility index (Phi) is 4.97. The molecule has 4 rings (SSSR count). The van der Waals surface area contributed by atoms with Crippen LogP contribution in [0, 0.1) is 6.92 Å². The van der Waals surface area contributed by atoms with Gasteiger partial charge in [-0.2, -0.15) is 0 Å². The average Bonchev–Trinajstić information content (AvgIpc) is 2.71. The molecule has 1 amide bonds. The minimum atomic E-state index is -0.00747. The summed E-state index contributed by atoms with van der Waals surface area (Å²) in [6.07, 6.45) is 1.65. The summed E-state index contributed by atoms with van der Waals surface area (Å²) < 4.78 is 5.35. The van der Waals surface area contributed by atoms with Crippen LogP contribution in [0.5, 0.6) is 0 Å². The quantitative estimate of drug-likeness (QED) is 0.730. The van der Waals surface area contributed by atoms with E-state index in [9.17, 15) is 4.79 Å². The van der Waals surface area contributed by atoms with Crippen molar-refractivity contribution in [3.05, 3.63) is 64.8 Å². The zero-order valence-corrected chi connectivity index (χ0v) is 15.8. The van der Waals surface area contributed by atoms with Crippen LogP contribution in [0.25, 0.3) is 10.8 Å². The number of pyridine rings is 1. The number of hydrogen-bond donors (Lipinski definition) is 1. The summed E-state index contributed by atoms with van der Waals surface area (Å²) in [5, 5.41) is 5.79. The molecule has 2 aromatic carbocycles. The predicted molar refractivity (Wildman–Crippen MR) is 108 cm³/mol. The summed E-state index contributed by atoms with van der Waals surface area (Å²) in [5.74, 6) is 0.691. The van der Waals surface area contributed by atoms with Crippen LogP contribution in [-0.4, -0.2) is 42.1 Å². The SMILES string of the molecule is Cc1ccc(Nc2ncc(C(=O)N3CCOCC3)c3ccccc23)cc1Cl. The summed E-state index contributed by atoms with van der Waals surface area (Å²) in [5.41, 5.74) is 2.49. The molecule has 0 atom stereocenters. The largest absolute Gasteiger partial charge is 0.378 e. The van der Waals surface area contributed by atoms with E-state index in [0.717, 1.165) is 22.0 Å². The molecule has 5 nitrogen and oxygen atoms in total. The Bertz CT molecular complexity index is 1000. The molecule has 6 heteroatoms. The van der Waals surface area contributed by atoms with Crippen molar-refractivity contribution in [2.45, 2.75) is 6.92 Å². The first kappa shape index (κ1) is 17.8. The standard InChI is InChI=1S/C21H20ClN3O2/c1-14-6-7-15(12-19(14)22)24-20-17-5-3-2-4-16(17)18(13-23-20)21(26)25-8-10-27-11-9-25/h2-7,12-13H,8-11H2,1H3,(H,23,24).